The van der Waals surface area contributed by atoms with Crippen LogP contribution in [0.5, 0.6) is 0 Å². The van der Waals surface area contributed by atoms with Crippen LogP contribution in [0.15, 0.2) is 18.2 Å². The first-order valence-corrected chi connectivity index (χ1v) is 5.26. The molecule has 0 fully saturated rings. The molecule has 0 spiro atoms. The molecule has 0 bridgehead atoms. The zero-order chi connectivity index (χ0) is 12.1. The Kier molecular flexibility index (Phi) is 4.73. The SMILES string of the molecule is COC(CN)C(=O)Nc1ccc(Cl)cc1C. The maximum absolute atomic E-state index is 11.7. The molecule has 0 radical (unpaired) electrons. The summed E-state index contributed by atoms with van der Waals surface area (Å²) in [5.41, 5.74) is 7.00. The fraction of sp³-hybridized carbons (Fsp3) is 0.364. The Hall–Kier alpha value is -1.10. The van der Waals surface area contributed by atoms with E-state index in [1.807, 2.05) is 6.92 Å². The van der Waals surface area contributed by atoms with Gasteiger partial charge in [-0.25, -0.2) is 0 Å². The maximum atomic E-state index is 11.7. The number of anilines is 1. The highest BCUT2D eigenvalue weighted by molar-refractivity contribution is 6.30. The summed E-state index contributed by atoms with van der Waals surface area (Å²) in [5, 5.41) is 3.37. The molecular formula is C11H15ClN2O2. The highest BCUT2D eigenvalue weighted by atomic mass is 35.5. The second-order valence-electron chi connectivity index (χ2n) is 3.41. The van der Waals surface area contributed by atoms with Crippen LogP contribution >= 0.6 is 11.6 Å². The molecule has 1 unspecified atom stereocenters. The van der Waals surface area contributed by atoms with Crippen LogP contribution in [0.3, 0.4) is 0 Å². The van der Waals surface area contributed by atoms with E-state index < -0.39 is 6.10 Å². The number of carbonyl (C=O) groups is 1. The number of halogens is 1. The zero-order valence-electron chi connectivity index (χ0n) is 9.29. The monoisotopic (exact) mass is 242 g/mol. The normalized spacial score (nSPS) is 12.2. The molecule has 1 atom stereocenters. The van der Waals surface area contributed by atoms with Gasteiger partial charge >= 0.3 is 0 Å². The Morgan fingerprint density at radius 3 is 2.81 bits per heavy atom. The number of rotatable bonds is 4. The van der Waals surface area contributed by atoms with Gasteiger partial charge in [0.1, 0.15) is 6.10 Å². The number of carbonyl (C=O) groups excluding carboxylic acids is 1. The number of nitrogens with one attached hydrogen (secondary N) is 1. The molecular weight excluding hydrogens is 228 g/mol. The lowest BCUT2D eigenvalue weighted by atomic mass is 10.2. The van der Waals surface area contributed by atoms with Crippen LogP contribution in [0.2, 0.25) is 5.02 Å². The third-order valence-corrected chi connectivity index (χ3v) is 2.47. The molecule has 88 valence electrons. The highest BCUT2D eigenvalue weighted by Gasteiger charge is 2.16. The zero-order valence-corrected chi connectivity index (χ0v) is 10.0. The van der Waals surface area contributed by atoms with E-state index >= 15 is 0 Å². The summed E-state index contributed by atoms with van der Waals surface area (Å²) in [5.74, 6) is -0.254. The number of ether oxygens (including phenoxy) is 1. The predicted octanol–water partition coefficient (Wildman–Crippen LogP) is 1.56. The average Bonchev–Trinajstić information content (AvgIpc) is 2.24. The maximum Gasteiger partial charge on any atom is 0.254 e. The molecule has 1 aromatic carbocycles. The molecule has 0 saturated heterocycles. The van der Waals surface area contributed by atoms with Gasteiger partial charge in [0.15, 0.2) is 0 Å². The summed E-state index contributed by atoms with van der Waals surface area (Å²) in [6, 6.07) is 5.24. The van der Waals surface area contributed by atoms with Crippen LogP contribution in [0, 0.1) is 6.92 Å². The van der Waals surface area contributed by atoms with Gasteiger partial charge in [-0.3, -0.25) is 4.79 Å². The summed E-state index contributed by atoms with van der Waals surface area (Å²) in [6.07, 6.45) is -0.630. The molecule has 1 amide bonds. The smallest absolute Gasteiger partial charge is 0.254 e. The minimum atomic E-state index is -0.630. The molecule has 0 aromatic heterocycles. The molecule has 0 aliphatic carbocycles. The van der Waals surface area contributed by atoms with Crippen LogP contribution in [0.25, 0.3) is 0 Å². The van der Waals surface area contributed by atoms with E-state index in [0.29, 0.717) is 10.7 Å². The topological polar surface area (TPSA) is 64.3 Å². The van der Waals surface area contributed by atoms with E-state index in [2.05, 4.69) is 5.32 Å². The Bertz CT molecular complexity index is 378. The van der Waals surface area contributed by atoms with Crippen molar-refractivity contribution in [3.8, 4) is 0 Å². The van der Waals surface area contributed by atoms with Crippen LogP contribution in [0.4, 0.5) is 5.69 Å². The van der Waals surface area contributed by atoms with Crippen molar-refractivity contribution in [1.29, 1.82) is 0 Å². The molecule has 1 aromatic rings. The van der Waals surface area contributed by atoms with Crippen LogP contribution < -0.4 is 11.1 Å². The Morgan fingerprint density at radius 1 is 1.62 bits per heavy atom. The largest absolute Gasteiger partial charge is 0.370 e. The van der Waals surface area contributed by atoms with Gasteiger partial charge in [-0.15, -0.1) is 0 Å². The van der Waals surface area contributed by atoms with Crippen molar-refractivity contribution < 1.29 is 9.53 Å². The summed E-state index contributed by atoms with van der Waals surface area (Å²) in [6.45, 7) is 2.01. The lowest BCUT2D eigenvalue weighted by Gasteiger charge is -2.14. The molecule has 3 N–H and O–H groups in total. The third-order valence-electron chi connectivity index (χ3n) is 2.24. The number of hydrogen-bond acceptors (Lipinski definition) is 3. The Morgan fingerprint density at radius 2 is 2.31 bits per heavy atom. The minimum Gasteiger partial charge on any atom is -0.370 e. The standard InChI is InChI=1S/C11H15ClN2O2/c1-7-5-8(12)3-4-9(7)14-11(15)10(6-13)16-2/h3-5,10H,6,13H2,1-2H3,(H,14,15). The number of hydrogen-bond donors (Lipinski definition) is 2. The van der Waals surface area contributed by atoms with Crippen LogP contribution in [-0.2, 0) is 9.53 Å². The molecule has 0 aliphatic rings. The quantitative estimate of drug-likeness (QED) is 0.842. The second-order valence-corrected chi connectivity index (χ2v) is 3.84. The molecule has 4 nitrogen and oxygen atoms in total. The van der Waals surface area contributed by atoms with Gasteiger partial charge in [-0.2, -0.15) is 0 Å². The molecule has 0 saturated carbocycles. The highest BCUT2D eigenvalue weighted by Crippen LogP contribution is 2.19. The predicted molar refractivity (Wildman–Crippen MR) is 64.7 cm³/mol. The number of methoxy groups -OCH3 is 1. The van der Waals surface area contributed by atoms with Crippen LogP contribution in [-0.4, -0.2) is 25.7 Å². The molecule has 5 heteroatoms. The van der Waals surface area contributed by atoms with E-state index in [1.165, 1.54) is 7.11 Å². The Balaban J connectivity index is 2.76. The van der Waals surface area contributed by atoms with Crippen molar-refractivity contribution in [2.75, 3.05) is 19.0 Å². The number of nitrogens with two attached hydrogens (primary N) is 1. The van der Waals surface area contributed by atoms with Crippen molar-refractivity contribution in [2.24, 2.45) is 5.73 Å². The average molecular weight is 243 g/mol. The number of amides is 1. The third kappa shape index (κ3) is 3.20. The van der Waals surface area contributed by atoms with E-state index in [-0.39, 0.29) is 12.5 Å². The summed E-state index contributed by atoms with van der Waals surface area (Å²) in [7, 11) is 1.45. The van der Waals surface area contributed by atoms with Gasteiger partial charge in [0.25, 0.3) is 5.91 Å². The number of benzene rings is 1. The number of aryl methyl sites for hydroxylation is 1. The first-order valence-electron chi connectivity index (χ1n) is 4.88. The van der Waals surface area contributed by atoms with E-state index in [9.17, 15) is 4.79 Å². The fourth-order valence-electron chi connectivity index (χ4n) is 1.29. The summed E-state index contributed by atoms with van der Waals surface area (Å²) in [4.78, 5) is 11.7. The second kappa shape index (κ2) is 5.84. The first kappa shape index (κ1) is 13.0. The molecule has 0 aliphatic heterocycles. The van der Waals surface area contributed by atoms with Gasteiger partial charge in [0.2, 0.25) is 0 Å². The van der Waals surface area contributed by atoms with Gasteiger partial charge < -0.3 is 15.8 Å². The lowest BCUT2D eigenvalue weighted by molar-refractivity contribution is -0.125. The molecule has 0 heterocycles. The van der Waals surface area contributed by atoms with Crippen molar-refractivity contribution >= 4 is 23.2 Å². The summed E-state index contributed by atoms with van der Waals surface area (Å²) < 4.78 is 4.93. The van der Waals surface area contributed by atoms with Gasteiger partial charge in [0.05, 0.1) is 0 Å². The minimum absolute atomic E-state index is 0.148. The van der Waals surface area contributed by atoms with Crippen molar-refractivity contribution in [3.63, 3.8) is 0 Å². The fourth-order valence-corrected chi connectivity index (χ4v) is 1.52. The lowest BCUT2D eigenvalue weighted by Crippen LogP contribution is -2.36. The van der Waals surface area contributed by atoms with Gasteiger partial charge in [-0.05, 0) is 30.7 Å². The van der Waals surface area contributed by atoms with Crippen LogP contribution in [0.1, 0.15) is 5.56 Å². The van der Waals surface area contributed by atoms with E-state index in [0.717, 1.165) is 5.56 Å². The van der Waals surface area contributed by atoms with Crippen molar-refractivity contribution in [3.05, 3.63) is 28.8 Å². The van der Waals surface area contributed by atoms with Gasteiger partial charge in [-0.1, -0.05) is 11.6 Å². The first-order chi connectivity index (χ1) is 7.58. The van der Waals surface area contributed by atoms with Crippen molar-refractivity contribution in [1.82, 2.24) is 0 Å². The van der Waals surface area contributed by atoms with E-state index in [1.54, 1.807) is 18.2 Å². The Labute approximate surface area is 99.7 Å². The molecule has 1 rings (SSSR count). The van der Waals surface area contributed by atoms with E-state index in [4.69, 9.17) is 22.1 Å². The molecule has 16 heavy (non-hydrogen) atoms. The summed E-state index contributed by atoms with van der Waals surface area (Å²) >= 11 is 5.81. The van der Waals surface area contributed by atoms with Gasteiger partial charge in [0, 0.05) is 24.4 Å². The van der Waals surface area contributed by atoms with Crippen molar-refractivity contribution in [2.45, 2.75) is 13.0 Å².